The van der Waals surface area contributed by atoms with E-state index >= 15 is 0 Å². The summed E-state index contributed by atoms with van der Waals surface area (Å²) < 4.78 is 48.0. The molecule has 8 rings (SSSR count). The van der Waals surface area contributed by atoms with Crippen LogP contribution in [-0.2, 0) is 19.5 Å². The molecule has 0 bridgehead atoms. The summed E-state index contributed by atoms with van der Waals surface area (Å²) in [4.78, 5) is 37.3. The first kappa shape index (κ1) is 44.1. The van der Waals surface area contributed by atoms with Crippen LogP contribution in [0.3, 0.4) is 0 Å². The smallest absolute Gasteiger partial charge is 0.293 e. The molecule has 2 aliphatic heterocycles. The van der Waals surface area contributed by atoms with Crippen molar-refractivity contribution in [3.8, 4) is 11.5 Å². The molecule has 5 aromatic rings. The SMILES string of the molecule is COC1CCC(CNc2ccc(S(=O)(=O)NC(=O)c3cccc(N4CCN(CC5=C(c6ccc(Cl)cc6)CC(C)(C)OC5)CC4)c3Oc3cnc4[nH]ccc4c3)cc2[N+](=O)[O-])CC1. The predicted molar refractivity (Wildman–Crippen MR) is 243 cm³/mol. The van der Waals surface area contributed by atoms with E-state index in [2.05, 4.69) is 55.8 Å². The minimum Gasteiger partial charge on any atom is -0.453 e. The largest absolute Gasteiger partial charge is 0.453 e. The van der Waals surface area contributed by atoms with Crippen LogP contribution in [-0.4, -0.2) is 98.8 Å². The van der Waals surface area contributed by atoms with Crippen molar-refractivity contribution in [2.75, 3.05) is 63.2 Å². The van der Waals surface area contributed by atoms with Crippen LogP contribution >= 0.6 is 11.6 Å². The number of aromatic amines is 1. The Bertz CT molecular complexity index is 2620. The number of hydrogen-bond acceptors (Lipinski definition) is 12. The fraction of sp³-hybridized carbons (Fsp3) is 0.391. The molecule has 15 nitrogen and oxygen atoms in total. The molecule has 1 saturated heterocycles. The van der Waals surface area contributed by atoms with Crippen LogP contribution in [0.15, 0.2) is 95.7 Å². The molecular formula is C46H52ClN7O8S. The summed E-state index contributed by atoms with van der Waals surface area (Å²) in [5, 5.41) is 16.8. The molecule has 3 N–H and O–H groups in total. The number of pyridine rings is 1. The van der Waals surface area contributed by atoms with Crippen molar-refractivity contribution >= 4 is 61.2 Å². The second-order valence-corrected chi connectivity index (χ2v) is 19.2. The number of nitrogens with one attached hydrogen (secondary N) is 3. The summed E-state index contributed by atoms with van der Waals surface area (Å²) in [6.45, 7) is 8.51. The quantitative estimate of drug-likeness (QED) is 0.0716. The summed E-state index contributed by atoms with van der Waals surface area (Å²) >= 11 is 6.23. The average Bonchev–Trinajstić information content (AvgIpc) is 3.75. The molecule has 17 heteroatoms. The summed E-state index contributed by atoms with van der Waals surface area (Å²) in [6.07, 6.45) is 7.93. The van der Waals surface area contributed by atoms with E-state index in [1.54, 1.807) is 25.4 Å². The van der Waals surface area contributed by atoms with Gasteiger partial charge in [0.2, 0.25) is 0 Å². The Hall–Kier alpha value is -5.52. The molecular weight excluding hydrogens is 846 g/mol. The van der Waals surface area contributed by atoms with E-state index in [-0.39, 0.29) is 28.7 Å². The van der Waals surface area contributed by atoms with Crippen molar-refractivity contribution in [3.63, 3.8) is 0 Å². The van der Waals surface area contributed by atoms with E-state index in [4.69, 9.17) is 25.8 Å². The van der Waals surface area contributed by atoms with Crippen LogP contribution in [0.25, 0.3) is 16.6 Å². The predicted octanol–water partition coefficient (Wildman–Crippen LogP) is 8.43. The first-order valence-electron chi connectivity index (χ1n) is 21.2. The number of aromatic nitrogens is 2. The summed E-state index contributed by atoms with van der Waals surface area (Å²) in [6, 6.07) is 20.2. The fourth-order valence-corrected chi connectivity index (χ4v) is 9.79. The van der Waals surface area contributed by atoms with Gasteiger partial charge in [0.1, 0.15) is 17.1 Å². The van der Waals surface area contributed by atoms with E-state index < -0.39 is 31.4 Å². The molecule has 1 amide bonds. The third-order valence-electron chi connectivity index (χ3n) is 12.2. The number of carbonyl (C=O) groups excluding carboxylic acids is 1. The number of ether oxygens (including phenoxy) is 3. The molecule has 0 atom stereocenters. The van der Waals surface area contributed by atoms with Gasteiger partial charge in [-0.05, 0) is 111 Å². The second-order valence-electron chi connectivity index (χ2n) is 17.0. The van der Waals surface area contributed by atoms with Gasteiger partial charge in [0.25, 0.3) is 21.6 Å². The van der Waals surface area contributed by atoms with Crippen LogP contribution in [0.5, 0.6) is 11.5 Å². The van der Waals surface area contributed by atoms with Gasteiger partial charge in [-0.1, -0.05) is 29.8 Å². The lowest BCUT2D eigenvalue weighted by Gasteiger charge is -2.39. The summed E-state index contributed by atoms with van der Waals surface area (Å²) in [5.41, 5.74) is 4.32. The number of piperazine rings is 1. The fourth-order valence-electron chi connectivity index (χ4n) is 8.68. The second kappa shape index (κ2) is 18.7. The lowest BCUT2D eigenvalue weighted by atomic mass is 9.87. The van der Waals surface area contributed by atoms with Crippen molar-refractivity contribution in [2.24, 2.45) is 5.92 Å². The molecule has 2 aromatic heterocycles. The van der Waals surface area contributed by atoms with Gasteiger partial charge in [-0.3, -0.25) is 19.8 Å². The number of carbonyl (C=O) groups is 1. The standard InChI is InChI=1S/C46H52ClN7O8S/c1-46(2)25-39(31-9-11-34(47)12-10-31)33(29-61-46)28-52-19-21-53(22-20-52)41-6-4-5-38(43(41)62-36-23-32-17-18-48-44(32)50-27-36)45(55)51-63(58,59)37-15-16-40(42(24-37)54(56)57)49-26-30-7-13-35(60-3)14-8-30/h4-6,9-12,15-18,23-24,27,30,35,49H,7-8,13-14,19-22,25-26,28-29H2,1-3H3,(H,48,50)(H,51,55). The lowest BCUT2D eigenvalue weighted by Crippen LogP contribution is -2.48. The Kier molecular flexibility index (Phi) is 13.1. The maximum atomic E-state index is 14.1. The monoisotopic (exact) mass is 897 g/mol. The molecule has 63 heavy (non-hydrogen) atoms. The minimum absolute atomic E-state index is 0.0385. The van der Waals surface area contributed by atoms with Gasteiger partial charge in [-0.25, -0.2) is 18.1 Å². The van der Waals surface area contributed by atoms with Crippen LogP contribution in [0.1, 0.15) is 61.9 Å². The Morgan fingerprint density at radius 2 is 1.79 bits per heavy atom. The van der Waals surface area contributed by atoms with Gasteiger partial charge in [-0.15, -0.1) is 0 Å². The molecule has 4 heterocycles. The topological polar surface area (TPSA) is 181 Å². The number of sulfonamides is 1. The van der Waals surface area contributed by atoms with Gasteiger partial charge >= 0.3 is 0 Å². The van der Waals surface area contributed by atoms with Gasteiger partial charge < -0.3 is 29.4 Å². The third-order valence-corrected chi connectivity index (χ3v) is 13.8. The van der Waals surface area contributed by atoms with E-state index in [0.29, 0.717) is 67.4 Å². The Morgan fingerprint density at radius 1 is 1.03 bits per heavy atom. The number of rotatable bonds is 14. The summed E-state index contributed by atoms with van der Waals surface area (Å²) in [5.74, 6) is -0.167. The highest BCUT2D eigenvalue weighted by molar-refractivity contribution is 7.90. The number of H-pyrrole nitrogens is 1. The molecule has 3 aromatic carbocycles. The van der Waals surface area contributed by atoms with Gasteiger partial charge in [-0.2, -0.15) is 0 Å². The van der Waals surface area contributed by atoms with Crippen LogP contribution in [0.4, 0.5) is 17.1 Å². The first-order valence-corrected chi connectivity index (χ1v) is 23.1. The highest BCUT2D eigenvalue weighted by Crippen LogP contribution is 2.39. The number of nitro benzene ring substituents is 1. The van der Waals surface area contributed by atoms with Crippen molar-refractivity contribution in [2.45, 2.75) is 62.6 Å². The first-order chi connectivity index (χ1) is 30.2. The third kappa shape index (κ3) is 10.3. The number of hydrogen-bond donors (Lipinski definition) is 3. The van der Waals surface area contributed by atoms with E-state index in [1.165, 1.54) is 35.5 Å². The highest BCUT2D eigenvalue weighted by atomic mass is 35.5. The molecule has 0 unspecified atom stereocenters. The average molecular weight is 898 g/mol. The maximum Gasteiger partial charge on any atom is 0.293 e. The number of nitrogens with zero attached hydrogens (tertiary/aromatic N) is 4. The molecule has 1 aliphatic carbocycles. The molecule has 2 fully saturated rings. The Balaban J connectivity index is 1.02. The van der Waals surface area contributed by atoms with Crippen molar-refractivity contribution in [1.29, 1.82) is 0 Å². The zero-order valence-corrected chi connectivity index (χ0v) is 37.1. The zero-order chi connectivity index (χ0) is 44.3. The number of amides is 1. The van der Waals surface area contributed by atoms with Gasteiger partial charge in [0, 0.05) is 75.5 Å². The highest BCUT2D eigenvalue weighted by Gasteiger charge is 2.32. The van der Waals surface area contributed by atoms with E-state index in [1.807, 2.05) is 24.3 Å². The number of benzene rings is 3. The van der Waals surface area contributed by atoms with Crippen molar-refractivity contribution < 1.29 is 32.3 Å². The zero-order valence-electron chi connectivity index (χ0n) is 35.6. The molecule has 332 valence electrons. The maximum absolute atomic E-state index is 14.1. The number of methoxy groups -OCH3 is 1. The molecule has 0 spiro atoms. The van der Waals surface area contributed by atoms with E-state index in [0.717, 1.165) is 55.7 Å². The van der Waals surface area contributed by atoms with Crippen molar-refractivity contribution in [3.05, 3.63) is 117 Å². The van der Waals surface area contributed by atoms with Crippen LogP contribution in [0.2, 0.25) is 5.02 Å². The molecule has 3 aliphatic rings. The lowest BCUT2D eigenvalue weighted by molar-refractivity contribution is -0.384. The number of nitro groups is 1. The normalized spacial score (nSPS) is 19.5. The number of anilines is 2. The Labute approximate surface area is 372 Å². The van der Waals surface area contributed by atoms with E-state index in [9.17, 15) is 23.3 Å². The van der Waals surface area contributed by atoms with Gasteiger partial charge in [0.05, 0.1) is 45.6 Å². The Morgan fingerprint density at radius 3 is 2.52 bits per heavy atom. The van der Waals surface area contributed by atoms with Crippen LogP contribution in [0, 0.1) is 16.0 Å². The number of halogens is 1. The van der Waals surface area contributed by atoms with Crippen molar-refractivity contribution in [1.82, 2.24) is 19.6 Å². The number of para-hydroxylation sites is 1. The summed E-state index contributed by atoms with van der Waals surface area (Å²) in [7, 11) is -2.89. The molecule has 1 saturated carbocycles. The molecule has 0 radical (unpaired) electrons. The van der Waals surface area contributed by atoms with Gasteiger partial charge in [0.15, 0.2) is 5.75 Å². The van der Waals surface area contributed by atoms with Crippen LogP contribution < -0.4 is 19.7 Å². The number of fused-ring (bicyclic) bond motifs is 1. The minimum atomic E-state index is -4.59.